The molecule has 0 aliphatic carbocycles. The number of primary amides is 1. The predicted octanol–water partition coefficient (Wildman–Crippen LogP) is 0.390. The topological polar surface area (TPSA) is 119 Å². The lowest BCUT2D eigenvalue weighted by molar-refractivity contribution is -0.143. The van der Waals surface area contributed by atoms with E-state index in [4.69, 9.17) is 15.6 Å². The molecule has 0 fully saturated rings. The molecule has 1 aromatic rings. The van der Waals surface area contributed by atoms with Crippen molar-refractivity contribution in [1.82, 2.24) is 5.32 Å². The fourth-order valence-corrected chi connectivity index (χ4v) is 1.59. The summed E-state index contributed by atoms with van der Waals surface area (Å²) in [6.45, 7) is 3.08. The number of rotatable bonds is 7. The molecular weight excluding hydrogens is 276 g/mol. The Hall–Kier alpha value is -2.57. The second-order valence-corrected chi connectivity index (χ2v) is 4.80. The van der Waals surface area contributed by atoms with Crippen LogP contribution in [0.2, 0.25) is 0 Å². The molecule has 1 aromatic carbocycles. The van der Waals surface area contributed by atoms with E-state index in [-0.39, 0.29) is 12.5 Å². The maximum atomic E-state index is 11.6. The molecule has 7 nitrogen and oxygen atoms in total. The van der Waals surface area contributed by atoms with Gasteiger partial charge in [0.05, 0.1) is 0 Å². The third-order valence-corrected chi connectivity index (χ3v) is 2.76. The lowest BCUT2D eigenvalue weighted by atomic mass is 10.1. The summed E-state index contributed by atoms with van der Waals surface area (Å²) >= 11 is 0. The fraction of sp³-hybridized carbons (Fsp3) is 0.357. The molecule has 2 amide bonds. The summed E-state index contributed by atoms with van der Waals surface area (Å²) in [6, 6.07) is 5.00. The molecule has 7 heteroatoms. The number of carboxylic acid groups (broad SMARTS) is 1. The molecule has 1 rings (SSSR count). The molecule has 0 aliphatic heterocycles. The molecule has 0 bridgehead atoms. The number of hydrogen-bond acceptors (Lipinski definition) is 4. The SMILES string of the molecule is CC(C)[C@@H](NC(=O)COc1ccc(C(N)=O)cc1)C(=O)O. The number of aliphatic carboxylic acids is 1. The number of nitrogens with one attached hydrogen (secondary N) is 1. The van der Waals surface area contributed by atoms with Gasteiger partial charge in [-0.25, -0.2) is 4.79 Å². The minimum Gasteiger partial charge on any atom is -0.484 e. The monoisotopic (exact) mass is 294 g/mol. The first kappa shape index (κ1) is 16.5. The zero-order chi connectivity index (χ0) is 16.0. The Balaban J connectivity index is 2.52. The molecule has 4 N–H and O–H groups in total. The summed E-state index contributed by atoms with van der Waals surface area (Å²) in [4.78, 5) is 33.5. The average molecular weight is 294 g/mol. The van der Waals surface area contributed by atoms with Crippen molar-refractivity contribution in [2.24, 2.45) is 11.7 Å². The highest BCUT2D eigenvalue weighted by Gasteiger charge is 2.23. The van der Waals surface area contributed by atoms with Gasteiger partial charge in [-0.3, -0.25) is 9.59 Å². The highest BCUT2D eigenvalue weighted by atomic mass is 16.5. The van der Waals surface area contributed by atoms with Crippen molar-refractivity contribution < 1.29 is 24.2 Å². The van der Waals surface area contributed by atoms with Gasteiger partial charge in [0.1, 0.15) is 11.8 Å². The van der Waals surface area contributed by atoms with E-state index in [1.54, 1.807) is 13.8 Å². The Labute approximate surface area is 122 Å². The van der Waals surface area contributed by atoms with E-state index in [9.17, 15) is 14.4 Å². The summed E-state index contributed by atoms with van der Waals surface area (Å²) in [5.74, 6) is -2.03. The second kappa shape index (κ2) is 7.28. The van der Waals surface area contributed by atoms with Crippen molar-refractivity contribution in [2.75, 3.05) is 6.61 Å². The largest absolute Gasteiger partial charge is 0.484 e. The maximum absolute atomic E-state index is 11.6. The second-order valence-electron chi connectivity index (χ2n) is 4.80. The molecule has 21 heavy (non-hydrogen) atoms. The van der Waals surface area contributed by atoms with Crippen molar-refractivity contribution in [3.8, 4) is 5.75 Å². The van der Waals surface area contributed by atoms with Crippen LogP contribution in [-0.2, 0) is 9.59 Å². The minimum atomic E-state index is -1.09. The van der Waals surface area contributed by atoms with Gasteiger partial charge >= 0.3 is 5.97 Å². The van der Waals surface area contributed by atoms with E-state index in [0.717, 1.165) is 0 Å². The summed E-state index contributed by atoms with van der Waals surface area (Å²) < 4.78 is 5.21. The summed E-state index contributed by atoms with van der Waals surface area (Å²) in [5.41, 5.74) is 5.43. The van der Waals surface area contributed by atoms with Crippen LogP contribution in [0, 0.1) is 5.92 Å². The van der Waals surface area contributed by atoms with Gasteiger partial charge in [-0.2, -0.15) is 0 Å². The van der Waals surface area contributed by atoms with Crippen molar-refractivity contribution in [3.05, 3.63) is 29.8 Å². The highest BCUT2D eigenvalue weighted by molar-refractivity contribution is 5.92. The Bertz CT molecular complexity index is 525. The van der Waals surface area contributed by atoms with Crippen LogP contribution in [0.1, 0.15) is 24.2 Å². The zero-order valence-corrected chi connectivity index (χ0v) is 11.8. The van der Waals surface area contributed by atoms with Gasteiger partial charge in [-0.15, -0.1) is 0 Å². The molecule has 0 unspecified atom stereocenters. The molecular formula is C14H18N2O5. The molecule has 0 saturated heterocycles. The average Bonchev–Trinajstić information content (AvgIpc) is 2.42. The number of amides is 2. The van der Waals surface area contributed by atoms with E-state index in [1.807, 2.05) is 0 Å². The zero-order valence-electron chi connectivity index (χ0n) is 11.8. The first-order valence-corrected chi connectivity index (χ1v) is 6.36. The number of carbonyl (C=O) groups is 3. The number of carboxylic acids is 1. The highest BCUT2D eigenvalue weighted by Crippen LogP contribution is 2.11. The van der Waals surface area contributed by atoms with Crippen LogP contribution in [0.5, 0.6) is 5.75 Å². The van der Waals surface area contributed by atoms with E-state index >= 15 is 0 Å². The van der Waals surface area contributed by atoms with Gasteiger partial charge in [0.2, 0.25) is 5.91 Å². The molecule has 114 valence electrons. The van der Waals surface area contributed by atoms with Gasteiger partial charge in [0.25, 0.3) is 5.91 Å². The van der Waals surface area contributed by atoms with E-state index < -0.39 is 23.8 Å². The predicted molar refractivity (Wildman–Crippen MR) is 74.9 cm³/mol. The van der Waals surface area contributed by atoms with Crippen LogP contribution >= 0.6 is 0 Å². The summed E-state index contributed by atoms with van der Waals surface area (Å²) in [6.07, 6.45) is 0. The molecule has 0 saturated carbocycles. The number of carbonyl (C=O) groups excluding carboxylic acids is 2. The standard InChI is InChI=1S/C14H18N2O5/c1-8(2)12(14(19)20)16-11(17)7-21-10-5-3-9(4-6-10)13(15)18/h3-6,8,12H,7H2,1-2H3,(H2,15,18)(H,16,17)(H,19,20)/t12-/m1/s1. The minimum absolute atomic E-state index is 0.235. The van der Waals surface area contributed by atoms with E-state index in [1.165, 1.54) is 24.3 Å². The summed E-state index contributed by atoms with van der Waals surface area (Å²) in [7, 11) is 0. The fourth-order valence-electron chi connectivity index (χ4n) is 1.59. The van der Waals surface area contributed by atoms with Crippen molar-refractivity contribution >= 4 is 17.8 Å². The molecule has 0 aliphatic rings. The van der Waals surface area contributed by atoms with Crippen molar-refractivity contribution in [2.45, 2.75) is 19.9 Å². The van der Waals surface area contributed by atoms with Crippen LogP contribution in [0.4, 0.5) is 0 Å². The third kappa shape index (κ3) is 5.13. The van der Waals surface area contributed by atoms with Crippen LogP contribution in [0.3, 0.4) is 0 Å². The van der Waals surface area contributed by atoms with Crippen LogP contribution in [0.25, 0.3) is 0 Å². The van der Waals surface area contributed by atoms with Crippen LogP contribution < -0.4 is 15.8 Å². The van der Waals surface area contributed by atoms with E-state index in [2.05, 4.69) is 5.32 Å². The lowest BCUT2D eigenvalue weighted by Crippen LogP contribution is -2.46. The Morgan fingerprint density at radius 1 is 1.24 bits per heavy atom. The van der Waals surface area contributed by atoms with Gasteiger partial charge in [0, 0.05) is 5.56 Å². The summed E-state index contributed by atoms with van der Waals surface area (Å²) in [5, 5.41) is 11.3. The molecule has 0 heterocycles. The smallest absolute Gasteiger partial charge is 0.326 e. The molecule has 0 spiro atoms. The number of ether oxygens (including phenoxy) is 1. The molecule has 1 atom stereocenters. The number of nitrogens with two attached hydrogens (primary N) is 1. The number of benzene rings is 1. The quantitative estimate of drug-likeness (QED) is 0.672. The van der Waals surface area contributed by atoms with E-state index in [0.29, 0.717) is 11.3 Å². The molecule has 0 radical (unpaired) electrons. The normalized spacial score (nSPS) is 11.8. The maximum Gasteiger partial charge on any atom is 0.326 e. The van der Waals surface area contributed by atoms with Crippen molar-refractivity contribution in [3.63, 3.8) is 0 Å². The first-order valence-electron chi connectivity index (χ1n) is 6.36. The van der Waals surface area contributed by atoms with Gasteiger partial charge < -0.3 is 20.9 Å². The number of hydrogen-bond donors (Lipinski definition) is 3. The van der Waals surface area contributed by atoms with Gasteiger partial charge in [0.15, 0.2) is 6.61 Å². The Morgan fingerprint density at radius 3 is 2.24 bits per heavy atom. The van der Waals surface area contributed by atoms with Crippen LogP contribution in [-0.4, -0.2) is 35.5 Å². The van der Waals surface area contributed by atoms with Crippen LogP contribution in [0.15, 0.2) is 24.3 Å². The third-order valence-electron chi connectivity index (χ3n) is 2.76. The van der Waals surface area contributed by atoms with Gasteiger partial charge in [-0.05, 0) is 30.2 Å². The first-order chi connectivity index (χ1) is 9.81. The Morgan fingerprint density at radius 2 is 1.81 bits per heavy atom. The van der Waals surface area contributed by atoms with Crippen molar-refractivity contribution in [1.29, 1.82) is 0 Å². The lowest BCUT2D eigenvalue weighted by Gasteiger charge is -2.17. The Kier molecular flexibility index (Phi) is 5.71. The molecule has 0 aromatic heterocycles. The van der Waals surface area contributed by atoms with Gasteiger partial charge in [-0.1, -0.05) is 13.8 Å².